The number of unbranched alkanes of at least 4 members (excludes halogenated alkanes) is 8. The Labute approximate surface area is 147 Å². The molecule has 0 aliphatic rings. The van der Waals surface area contributed by atoms with Crippen LogP contribution in [0.15, 0.2) is 0 Å². The fraction of sp³-hybridized carbons (Fsp3) is 0.895. The minimum atomic E-state index is -1.54. The van der Waals surface area contributed by atoms with Crippen LogP contribution in [0, 0.1) is 0 Å². The fourth-order valence-corrected chi connectivity index (χ4v) is 1.96. The molecule has 0 aromatic rings. The van der Waals surface area contributed by atoms with E-state index in [0.29, 0.717) is 13.0 Å². The molecule has 0 fully saturated rings. The Morgan fingerprint density at radius 1 is 0.875 bits per heavy atom. The molecule has 0 aliphatic heterocycles. The molecule has 0 aromatic carbocycles. The molecule has 2 N–H and O–H groups in total. The van der Waals surface area contributed by atoms with Crippen LogP contribution in [-0.2, 0) is 14.3 Å². The smallest absolute Gasteiger partial charge is 0.335 e. The van der Waals surface area contributed by atoms with Crippen molar-refractivity contribution in [3.8, 4) is 0 Å². The van der Waals surface area contributed by atoms with Crippen molar-refractivity contribution in [2.75, 3.05) is 6.61 Å². The minimum Gasteiger partial charge on any atom is -0.479 e. The van der Waals surface area contributed by atoms with Gasteiger partial charge in [-0.25, -0.2) is 4.79 Å². The molecule has 0 heterocycles. The SMILES string of the molecule is CCC(C)(O)C(=O)O.CCCCCCCCCCCC(=O)OCC. The van der Waals surface area contributed by atoms with E-state index in [4.69, 9.17) is 14.9 Å². The van der Waals surface area contributed by atoms with Gasteiger partial charge in [0.15, 0.2) is 5.60 Å². The van der Waals surface area contributed by atoms with Crippen molar-refractivity contribution in [2.45, 2.75) is 104 Å². The van der Waals surface area contributed by atoms with Crippen molar-refractivity contribution in [3.05, 3.63) is 0 Å². The van der Waals surface area contributed by atoms with Crippen molar-refractivity contribution in [1.82, 2.24) is 0 Å². The van der Waals surface area contributed by atoms with E-state index in [0.717, 1.165) is 6.42 Å². The van der Waals surface area contributed by atoms with Crippen LogP contribution in [-0.4, -0.2) is 34.4 Å². The molecule has 0 amide bonds. The highest BCUT2D eigenvalue weighted by molar-refractivity contribution is 5.76. The number of ether oxygens (including phenoxy) is 1. The number of aliphatic hydroxyl groups is 1. The van der Waals surface area contributed by atoms with E-state index < -0.39 is 11.6 Å². The van der Waals surface area contributed by atoms with Gasteiger partial charge in [0, 0.05) is 6.42 Å². The molecule has 24 heavy (non-hydrogen) atoms. The zero-order chi connectivity index (χ0) is 18.8. The summed E-state index contributed by atoms with van der Waals surface area (Å²) in [6.45, 7) is 7.50. The van der Waals surface area contributed by atoms with E-state index in [1.54, 1.807) is 6.92 Å². The molecule has 0 saturated heterocycles. The quantitative estimate of drug-likeness (QED) is 0.373. The molecule has 0 saturated carbocycles. The Bertz CT molecular complexity index is 313. The third kappa shape index (κ3) is 17.3. The van der Waals surface area contributed by atoms with E-state index in [9.17, 15) is 9.59 Å². The third-order valence-electron chi connectivity index (χ3n) is 3.94. The molecule has 144 valence electrons. The predicted molar refractivity (Wildman–Crippen MR) is 97.0 cm³/mol. The van der Waals surface area contributed by atoms with Crippen molar-refractivity contribution in [2.24, 2.45) is 0 Å². The van der Waals surface area contributed by atoms with E-state index in [1.165, 1.54) is 58.3 Å². The van der Waals surface area contributed by atoms with Crippen LogP contribution in [0.5, 0.6) is 0 Å². The first-order valence-electron chi connectivity index (χ1n) is 9.43. The molecule has 0 spiro atoms. The number of rotatable bonds is 13. The first-order valence-corrected chi connectivity index (χ1v) is 9.43. The summed E-state index contributed by atoms with van der Waals surface area (Å²) in [5, 5.41) is 17.0. The lowest BCUT2D eigenvalue weighted by Gasteiger charge is -2.13. The maximum absolute atomic E-state index is 11.0. The molecule has 0 bridgehead atoms. The van der Waals surface area contributed by atoms with Crippen LogP contribution in [0.3, 0.4) is 0 Å². The van der Waals surface area contributed by atoms with Gasteiger partial charge in [0.1, 0.15) is 0 Å². The summed E-state index contributed by atoms with van der Waals surface area (Å²) in [6.07, 6.45) is 12.4. The van der Waals surface area contributed by atoms with E-state index in [2.05, 4.69) is 6.92 Å². The summed E-state index contributed by atoms with van der Waals surface area (Å²) in [5.74, 6) is -1.20. The zero-order valence-corrected chi connectivity index (χ0v) is 16.1. The summed E-state index contributed by atoms with van der Waals surface area (Å²) in [4.78, 5) is 21.0. The highest BCUT2D eigenvalue weighted by Crippen LogP contribution is 2.10. The number of hydrogen-bond acceptors (Lipinski definition) is 4. The van der Waals surface area contributed by atoms with E-state index in [1.807, 2.05) is 6.92 Å². The van der Waals surface area contributed by atoms with Crippen LogP contribution in [0.25, 0.3) is 0 Å². The minimum absolute atomic E-state index is 0.0366. The van der Waals surface area contributed by atoms with Gasteiger partial charge in [-0.3, -0.25) is 4.79 Å². The number of carboxylic acid groups (broad SMARTS) is 1. The molecule has 0 radical (unpaired) electrons. The summed E-state index contributed by atoms with van der Waals surface area (Å²) >= 11 is 0. The van der Waals surface area contributed by atoms with Crippen LogP contribution in [0.1, 0.15) is 98.3 Å². The van der Waals surface area contributed by atoms with Crippen LogP contribution in [0.2, 0.25) is 0 Å². The average Bonchev–Trinajstić information content (AvgIpc) is 2.54. The number of carbonyl (C=O) groups excluding carboxylic acids is 1. The highest BCUT2D eigenvalue weighted by Gasteiger charge is 2.26. The highest BCUT2D eigenvalue weighted by atomic mass is 16.5. The lowest BCUT2D eigenvalue weighted by atomic mass is 10.1. The first kappa shape index (κ1) is 25.1. The summed E-state index contributed by atoms with van der Waals surface area (Å²) < 4.78 is 4.87. The number of carbonyl (C=O) groups is 2. The Morgan fingerprint density at radius 3 is 1.67 bits per heavy atom. The number of aliphatic carboxylic acids is 1. The molecule has 0 aromatic heterocycles. The maximum Gasteiger partial charge on any atom is 0.335 e. The molecule has 0 aliphatic carbocycles. The molecule has 0 rings (SSSR count). The second-order valence-electron chi connectivity index (χ2n) is 6.32. The molecular weight excluding hydrogens is 308 g/mol. The van der Waals surface area contributed by atoms with Gasteiger partial charge in [0.05, 0.1) is 6.61 Å². The van der Waals surface area contributed by atoms with Gasteiger partial charge in [-0.05, 0) is 26.7 Å². The topological polar surface area (TPSA) is 83.8 Å². The zero-order valence-electron chi connectivity index (χ0n) is 16.1. The second kappa shape index (κ2) is 16.7. The second-order valence-corrected chi connectivity index (χ2v) is 6.32. The largest absolute Gasteiger partial charge is 0.479 e. The normalized spacial score (nSPS) is 12.7. The van der Waals surface area contributed by atoms with Gasteiger partial charge in [-0.2, -0.15) is 0 Å². The van der Waals surface area contributed by atoms with Gasteiger partial charge < -0.3 is 14.9 Å². The molecule has 5 heteroatoms. The van der Waals surface area contributed by atoms with Gasteiger partial charge in [-0.15, -0.1) is 0 Å². The summed E-state index contributed by atoms with van der Waals surface area (Å²) in [5.41, 5.74) is -1.54. The average molecular weight is 347 g/mol. The van der Waals surface area contributed by atoms with Crippen molar-refractivity contribution in [1.29, 1.82) is 0 Å². The summed E-state index contributed by atoms with van der Waals surface area (Å²) in [6, 6.07) is 0. The monoisotopic (exact) mass is 346 g/mol. The van der Waals surface area contributed by atoms with Gasteiger partial charge in [0.25, 0.3) is 0 Å². The lowest BCUT2D eigenvalue weighted by Crippen LogP contribution is -2.33. The van der Waals surface area contributed by atoms with Crippen molar-refractivity contribution in [3.63, 3.8) is 0 Å². The number of hydrogen-bond donors (Lipinski definition) is 2. The number of carboxylic acids is 1. The molecule has 5 nitrogen and oxygen atoms in total. The van der Waals surface area contributed by atoms with Crippen molar-refractivity contribution >= 4 is 11.9 Å². The van der Waals surface area contributed by atoms with Crippen LogP contribution < -0.4 is 0 Å². The van der Waals surface area contributed by atoms with Crippen LogP contribution >= 0.6 is 0 Å². The van der Waals surface area contributed by atoms with E-state index >= 15 is 0 Å². The predicted octanol–water partition coefficient (Wildman–Crippen LogP) is 4.70. The fourth-order valence-electron chi connectivity index (χ4n) is 1.96. The summed E-state index contributed by atoms with van der Waals surface area (Å²) in [7, 11) is 0. The Hall–Kier alpha value is -1.10. The Morgan fingerprint density at radius 2 is 1.33 bits per heavy atom. The maximum atomic E-state index is 11.0. The Kier molecular flexibility index (Phi) is 17.5. The van der Waals surface area contributed by atoms with Crippen molar-refractivity contribution < 1.29 is 24.5 Å². The van der Waals surface area contributed by atoms with Crippen LogP contribution in [0.4, 0.5) is 0 Å². The van der Waals surface area contributed by atoms with E-state index in [-0.39, 0.29) is 12.4 Å². The molecule has 1 atom stereocenters. The third-order valence-corrected chi connectivity index (χ3v) is 3.94. The lowest BCUT2D eigenvalue weighted by molar-refractivity contribution is -0.156. The molecular formula is C19H38O5. The van der Waals surface area contributed by atoms with Gasteiger partial charge in [-0.1, -0.05) is 65.2 Å². The molecule has 1 unspecified atom stereocenters. The Balaban J connectivity index is 0. The first-order chi connectivity index (χ1) is 11.3. The van der Waals surface area contributed by atoms with Gasteiger partial charge in [0.2, 0.25) is 0 Å². The number of esters is 1. The standard InChI is InChI=1S/C14H28O2.C5H10O3/c1-3-5-6-7-8-9-10-11-12-13-14(15)16-4-2;1-3-5(2,8)4(6)7/h3-13H2,1-2H3;8H,3H2,1-2H3,(H,6,7). The van der Waals surface area contributed by atoms with Gasteiger partial charge >= 0.3 is 11.9 Å².